The topological polar surface area (TPSA) is 161 Å². The van der Waals surface area contributed by atoms with Gasteiger partial charge in [0.25, 0.3) is 0 Å². The monoisotopic (exact) mass is 663 g/mol. The smallest absolute Gasteiger partial charge is 0.488 e. The third-order valence-electron chi connectivity index (χ3n) is 9.31. The number of allylic oxidation sites excluding steroid dienone is 1. The molecule has 3 aromatic carbocycles. The molecule has 1 aliphatic carbocycles. The van der Waals surface area contributed by atoms with Crippen molar-refractivity contribution in [1.82, 2.24) is 0 Å². The Kier molecular flexibility index (Phi) is 10.6. The van der Waals surface area contributed by atoms with Gasteiger partial charge in [-0.15, -0.1) is 0 Å². The van der Waals surface area contributed by atoms with Crippen LogP contribution in [0.4, 0.5) is 5.69 Å². The van der Waals surface area contributed by atoms with Crippen molar-refractivity contribution < 1.29 is 44.1 Å². The molecule has 0 saturated carbocycles. The number of furan rings is 1. The molecule has 0 spiro atoms. The van der Waals surface area contributed by atoms with E-state index in [0.29, 0.717) is 34.8 Å². The zero-order valence-electron chi connectivity index (χ0n) is 26.8. The quantitative estimate of drug-likeness (QED) is 0.0822. The van der Waals surface area contributed by atoms with Gasteiger partial charge in [-0.05, 0) is 89.5 Å². The summed E-state index contributed by atoms with van der Waals surface area (Å²) in [5.41, 5.74) is 3.25. The van der Waals surface area contributed by atoms with E-state index in [9.17, 15) is 35.0 Å². The summed E-state index contributed by atoms with van der Waals surface area (Å²) >= 11 is 0. The molecule has 0 bridgehead atoms. The molecule has 1 saturated heterocycles. The lowest BCUT2D eigenvalue weighted by Gasteiger charge is -2.36. The van der Waals surface area contributed by atoms with E-state index in [1.807, 2.05) is 54.6 Å². The minimum absolute atomic E-state index is 0.0432. The molecule has 10 nitrogen and oxygen atoms in total. The molecule has 252 valence electrons. The van der Waals surface area contributed by atoms with E-state index in [1.165, 1.54) is 18.2 Å². The third-order valence-corrected chi connectivity index (χ3v) is 9.31. The van der Waals surface area contributed by atoms with Gasteiger partial charge in [0.2, 0.25) is 11.8 Å². The number of amides is 2. The molecule has 4 aromatic rings. The minimum atomic E-state index is -1.79. The Balaban J connectivity index is 1.33. The van der Waals surface area contributed by atoms with E-state index in [-0.39, 0.29) is 37.2 Å². The van der Waals surface area contributed by atoms with Crippen molar-refractivity contribution in [2.75, 3.05) is 18.1 Å². The van der Waals surface area contributed by atoms with Gasteiger partial charge < -0.3 is 34.5 Å². The fourth-order valence-corrected chi connectivity index (χ4v) is 6.99. The number of hydrogen-bond acceptors (Lipinski definition) is 9. The van der Waals surface area contributed by atoms with E-state index in [2.05, 4.69) is 0 Å². The highest BCUT2D eigenvalue weighted by molar-refractivity contribution is 6.58. The Morgan fingerprint density at radius 1 is 0.939 bits per heavy atom. The van der Waals surface area contributed by atoms with Crippen molar-refractivity contribution in [1.29, 1.82) is 0 Å². The number of benzene rings is 3. The average molecular weight is 664 g/mol. The molecule has 0 unspecified atom stereocenters. The molecule has 1 aromatic heterocycles. The summed E-state index contributed by atoms with van der Waals surface area (Å²) in [5.74, 6) is -2.01. The van der Waals surface area contributed by atoms with Crippen LogP contribution in [0.15, 0.2) is 113 Å². The lowest BCUT2D eigenvalue weighted by molar-refractivity contribution is -0.123. The summed E-state index contributed by atoms with van der Waals surface area (Å²) in [6, 6.07) is 28.2. The van der Waals surface area contributed by atoms with Gasteiger partial charge in [-0.1, -0.05) is 60.7 Å². The lowest BCUT2D eigenvalue weighted by atomic mass is 9.68. The fraction of sp³-hybridized carbons (Fsp3) is 0.263. The van der Waals surface area contributed by atoms with Crippen LogP contribution in [0.3, 0.4) is 0 Å². The maximum Gasteiger partial charge on any atom is 0.488 e. The van der Waals surface area contributed by atoms with E-state index in [4.69, 9.17) is 9.15 Å². The number of anilines is 1. The van der Waals surface area contributed by atoms with Gasteiger partial charge in [0.15, 0.2) is 0 Å². The maximum absolute atomic E-state index is 14.0. The first kappa shape index (κ1) is 34.1. The van der Waals surface area contributed by atoms with Gasteiger partial charge in [-0.3, -0.25) is 14.5 Å². The molecule has 0 radical (unpaired) electrons. The molecule has 1 fully saturated rings. The first-order chi connectivity index (χ1) is 23.8. The van der Waals surface area contributed by atoms with Crippen LogP contribution in [0.2, 0.25) is 0 Å². The van der Waals surface area contributed by atoms with Crippen LogP contribution in [0, 0.1) is 17.8 Å². The number of imide groups is 1. The summed E-state index contributed by atoms with van der Waals surface area (Å²) < 4.78 is 11.8. The molecule has 5 N–H and O–H groups in total. The number of ether oxygens (including phenoxy) is 1. The number of hydrogen-bond donors (Lipinski definition) is 5. The number of nitrogens with zero attached hydrogens (tertiary/aromatic N) is 1. The van der Waals surface area contributed by atoms with Crippen LogP contribution < -0.4 is 15.1 Å². The summed E-state index contributed by atoms with van der Waals surface area (Å²) in [6.07, 6.45) is 1.55. The summed E-state index contributed by atoms with van der Waals surface area (Å²) in [6.45, 7) is -0.669. The van der Waals surface area contributed by atoms with Crippen molar-refractivity contribution in [3.63, 3.8) is 0 Å². The van der Waals surface area contributed by atoms with Crippen LogP contribution in [-0.4, -0.2) is 63.6 Å². The molecule has 2 aliphatic rings. The Morgan fingerprint density at radius 3 is 2.35 bits per heavy atom. The number of carbonyl (C=O) groups is 2. The van der Waals surface area contributed by atoms with Gasteiger partial charge in [0.1, 0.15) is 30.5 Å². The maximum atomic E-state index is 14.0. The van der Waals surface area contributed by atoms with E-state index >= 15 is 0 Å². The van der Waals surface area contributed by atoms with Crippen LogP contribution in [0.1, 0.15) is 36.3 Å². The molecule has 49 heavy (non-hydrogen) atoms. The molecule has 4 atom stereocenters. The van der Waals surface area contributed by atoms with Gasteiger partial charge >= 0.3 is 7.12 Å². The van der Waals surface area contributed by atoms with Crippen LogP contribution in [0.25, 0.3) is 11.6 Å². The molecule has 6 rings (SSSR count). The second-order valence-corrected chi connectivity index (χ2v) is 12.3. The standard InChI is InChI=1S/C38H38BNO9/c41-21-31-16-15-30(49-31)18-25(24-8-3-1-4-9-24)14-17-34(43)35-26(23-48-29-12-5-2-6-13-29)19-32-36(33(35)22-42)38(45)40(37(32)44)28-11-7-10-27(20-28)39(46)47/h1-13,15-16,18,20,32-34,36,41-43,46-47H,14,17,19,21-23H2/b25-18-/t32-,33+,34-,36-/m1/s1. The van der Waals surface area contributed by atoms with Crippen molar-refractivity contribution in [2.45, 2.75) is 32.0 Å². The highest BCUT2D eigenvalue weighted by atomic mass is 16.5. The first-order valence-corrected chi connectivity index (χ1v) is 16.3. The van der Waals surface area contributed by atoms with Gasteiger partial charge in [0.05, 0.1) is 30.2 Å². The number of para-hydroxylation sites is 1. The lowest BCUT2D eigenvalue weighted by Crippen LogP contribution is -2.40. The van der Waals surface area contributed by atoms with Gasteiger partial charge in [-0.25, -0.2) is 0 Å². The highest BCUT2D eigenvalue weighted by Crippen LogP contribution is 2.47. The summed E-state index contributed by atoms with van der Waals surface area (Å²) in [7, 11) is -1.79. The largest absolute Gasteiger partial charge is 0.489 e. The van der Waals surface area contributed by atoms with E-state index < -0.39 is 49.4 Å². The minimum Gasteiger partial charge on any atom is -0.489 e. The molecule has 2 heterocycles. The number of rotatable bonds is 13. The molecular weight excluding hydrogens is 625 g/mol. The zero-order chi connectivity index (χ0) is 34.5. The second kappa shape index (κ2) is 15.2. The summed E-state index contributed by atoms with van der Waals surface area (Å²) in [4.78, 5) is 29.0. The van der Waals surface area contributed by atoms with Crippen LogP contribution in [0.5, 0.6) is 5.75 Å². The average Bonchev–Trinajstić information content (AvgIpc) is 3.69. The van der Waals surface area contributed by atoms with Crippen molar-refractivity contribution in [3.05, 3.63) is 125 Å². The molecule has 11 heteroatoms. The van der Waals surface area contributed by atoms with Crippen LogP contribution >= 0.6 is 0 Å². The van der Waals surface area contributed by atoms with Gasteiger partial charge in [-0.2, -0.15) is 0 Å². The fourth-order valence-electron chi connectivity index (χ4n) is 6.99. The Hall–Kier alpha value is -4.78. The molecule has 1 aliphatic heterocycles. The third kappa shape index (κ3) is 7.31. The summed E-state index contributed by atoms with van der Waals surface area (Å²) in [5, 5.41) is 51.7. The van der Waals surface area contributed by atoms with Crippen molar-refractivity contribution in [2.24, 2.45) is 17.8 Å². The van der Waals surface area contributed by atoms with E-state index in [1.54, 1.807) is 30.3 Å². The first-order valence-electron chi connectivity index (χ1n) is 16.3. The zero-order valence-corrected chi connectivity index (χ0v) is 26.8. The molecule has 2 amide bonds. The number of aliphatic hydroxyl groups excluding tert-OH is 3. The Bertz CT molecular complexity index is 1840. The van der Waals surface area contributed by atoms with Crippen LogP contribution in [-0.2, 0) is 16.2 Å². The molecular formula is C38H38BNO9. The SMILES string of the molecule is O=C1[C@@H]2[C@@H](CC(COc3ccccc3)=C([C@H](O)CC/C(=C/c3ccc(CO)o3)c3ccccc3)[C@@H]2CO)C(=O)N1c1cccc(B(O)O)c1. The van der Waals surface area contributed by atoms with Crippen molar-refractivity contribution >= 4 is 41.7 Å². The number of carbonyl (C=O) groups excluding carboxylic acids is 2. The second-order valence-electron chi connectivity index (χ2n) is 12.3. The predicted molar refractivity (Wildman–Crippen MR) is 184 cm³/mol. The number of fused-ring (bicyclic) bond motifs is 1. The Labute approximate surface area is 284 Å². The highest BCUT2D eigenvalue weighted by Gasteiger charge is 2.55. The predicted octanol–water partition coefficient (Wildman–Crippen LogP) is 3.33. The van der Waals surface area contributed by atoms with Gasteiger partial charge in [0, 0.05) is 5.92 Å². The normalized spacial score (nSPS) is 20.1. The van der Waals surface area contributed by atoms with Crippen molar-refractivity contribution in [3.8, 4) is 5.75 Å². The van der Waals surface area contributed by atoms with E-state index in [0.717, 1.165) is 16.0 Å². The number of aliphatic hydroxyl groups is 3. The Morgan fingerprint density at radius 2 is 1.67 bits per heavy atom.